The molecule has 3 unspecified atom stereocenters. The minimum Gasteiger partial charge on any atom is -0.395 e. The number of H-pyrrole nitrogens is 1. The van der Waals surface area contributed by atoms with Crippen LogP contribution in [0.3, 0.4) is 0 Å². The van der Waals surface area contributed by atoms with Gasteiger partial charge in [0, 0.05) is 31.5 Å². The molecule has 1 fully saturated rings. The summed E-state index contributed by atoms with van der Waals surface area (Å²) in [6.45, 7) is 2.18. The molecule has 3 N–H and O–H groups in total. The molecule has 9 heteroatoms. The third kappa shape index (κ3) is 3.26. The fourth-order valence-electron chi connectivity index (χ4n) is 4.93. The van der Waals surface area contributed by atoms with Gasteiger partial charge in [-0.25, -0.2) is 9.97 Å². The predicted octanol–water partition coefficient (Wildman–Crippen LogP) is 2.72. The van der Waals surface area contributed by atoms with Crippen molar-refractivity contribution in [2.45, 2.75) is 13.3 Å². The molecular formula is C22H23ClN6O2. The molecule has 2 aliphatic carbocycles. The maximum atomic E-state index is 12.9. The first-order valence-electron chi connectivity index (χ1n) is 10.3. The molecule has 0 saturated heterocycles. The van der Waals surface area contributed by atoms with E-state index in [1.54, 1.807) is 17.1 Å². The zero-order valence-corrected chi connectivity index (χ0v) is 18.0. The number of allylic oxidation sites excluding steroid dienone is 3. The summed E-state index contributed by atoms with van der Waals surface area (Å²) in [5, 5.41) is 16.7. The Bertz CT molecular complexity index is 1240. The van der Waals surface area contributed by atoms with Crippen molar-refractivity contribution in [3.05, 3.63) is 46.9 Å². The Morgan fingerprint density at radius 2 is 2.23 bits per heavy atom. The molecule has 0 aliphatic heterocycles. The fraction of sp³-hybridized carbons (Fsp3) is 0.364. The molecule has 3 atom stereocenters. The zero-order valence-electron chi connectivity index (χ0n) is 17.3. The number of fused-ring (bicyclic) bond motifs is 3. The minimum absolute atomic E-state index is 0.0534. The summed E-state index contributed by atoms with van der Waals surface area (Å²) >= 11 is 6.64. The molecule has 0 aromatic carbocycles. The van der Waals surface area contributed by atoms with Gasteiger partial charge in [0.15, 0.2) is 5.65 Å². The number of aliphatic hydroxyl groups excluding tert-OH is 1. The third-order valence-electron chi connectivity index (χ3n) is 6.23. The first kappa shape index (κ1) is 20.0. The zero-order chi connectivity index (χ0) is 21.7. The Hall–Kier alpha value is -2.97. The van der Waals surface area contributed by atoms with Gasteiger partial charge in [-0.05, 0) is 36.3 Å². The molecule has 2 bridgehead atoms. The predicted molar refractivity (Wildman–Crippen MR) is 118 cm³/mol. The van der Waals surface area contributed by atoms with Crippen molar-refractivity contribution >= 4 is 34.2 Å². The van der Waals surface area contributed by atoms with E-state index in [0.717, 1.165) is 34.2 Å². The molecule has 2 aliphatic rings. The van der Waals surface area contributed by atoms with Crippen molar-refractivity contribution in [3.63, 3.8) is 0 Å². The number of carbonyl (C=O) groups excluding carboxylic acids is 1. The van der Waals surface area contributed by atoms with E-state index in [2.05, 4.69) is 37.5 Å². The van der Waals surface area contributed by atoms with E-state index in [1.807, 2.05) is 20.2 Å². The quantitative estimate of drug-likeness (QED) is 0.531. The number of aliphatic hydroxyl groups is 1. The van der Waals surface area contributed by atoms with E-state index in [1.165, 1.54) is 0 Å². The molecule has 0 spiro atoms. The largest absolute Gasteiger partial charge is 0.395 e. The van der Waals surface area contributed by atoms with Crippen LogP contribution in [0.1, 0.15) is 18.9 Å². The lowest BCUT2D eigenvalue weighted by Gasteiger charge is -2.24. The number of aromatic nitrogens is 5. The minimum atomic E-state index is -0.262. The van der Waals surface area contributed by atoms with Crippen LogP contribution in [0, 0.1) is 17.8 Å². The van der Waals surface area contributed by atoms with Crippen LogP contribution in [0.15, 0.2) is 36.3 Å². The summed E-state index contributed by atoms with van der Waals surface area (Å²) in [4.78, 5) is 25.3. The average molecular weight is 439 g/mol. The molecule has 31 heavy (non-hydrogen) atoms. The van der Waals surface area contributed by atoms with Crippen LogP contribution in [0.5, 0.6) is 0 Å². The smallest absolute Gasteiger partial charge is 0.227 e. The van der Waals surface area contributed by atoms with Gasteiger partial charge in [-0.3, -0.25) is 9.48 Å². The first-order valence-corrected chi connectivity index (χ1v) is 10.7. The molecule has 3 aromatic heterocycles. The van der Waals surface area contributed by atoms with Crippen LogP contribution in [0.2, 0.25) is 5.02 Å². The summed E-state index contributed by atoms with van der Waals surface area (Å²) in [6, 6.07) is 0. The Morgan fingerprint density at radius 1 is 1.39 bits per heavy atom. The van der Waals surface area contributed by atoms with Crippen molar-refractivity contribution in [2.24, 2.45) is 24.8 Å². The highest BCUT2D eigenvalue weighted by Crippen LogP contribution is 2.51. The summed E-state index contributed by atoms with van der Waals surface area (Å²) < 4.78 is 1.72. The number of pyridine rings is 1. The van der Waals surface area contributed by atoms with Crippen LogP contribution in [-0.2, 0) is 11.8 Å². The number of carbonyl (C=O) groups is 1. The number of imidazole rings is 1. The second kappa shape index (κ2) is 7.62. The number of rotatable bonds is 5. The maximum Gasteiger partial charge on any atom is 0.227 e. The van der Waals surface area contributed by atoms with Crippen LogP contribution in [0.4, 0.5) is 0 Å². The Kier molecular flexibility index (Phi) is 4.91. The standard InChI is InChI=1S/C22H23ClN6O2/c1-11(16-12-3-4-13(7-12)18(16)22(31)24-5-6-30)17-15(23)9-25-21-19(17)27-20(28-21)14-8-26-29(2)10-14/h3-4,8-10,12-13,18,30H,5-7H2,1-2H3,(H,24,31)(H,25,27,28)/b16-11+. The van der Waals surface area contributed by atoms with E-state index < -0.39 is 0 Å². The van der Waals surface area contributed by atoms with Gasteiger partial charge >= 0.3 is 0 Å². The molecule has 5 rings (SSSR count). The number of nitrogens with one attached hydrogen (secondary N) is 2. The van der Waals surface area contributed by atoms with E-state index in [9.17, 15) is 4.79 Å². The SMILES string of the molecule is C/C(=C1/C2C=CC(C2)C1C(=O)NCCO)c1c(Cl)cnc2nc(-c3cnn(C)c3)[nH]c12. The van der Waals surface area contributed by atoms with Gasteiger partial charge in [-0.2, -0.15) is 5.10 Å². The lowest BCUT2D eigenvalue weighted by molar-refractivity contribution is -0.124. The summed E-state index contributed by atoms with van der Waals surface area (Å²) in [5.41, 5.74) is 5.05. The molecule has 160 valence electrons. The lowest BCUT2D eigenvalue weighted by atomic mass is 9.83. The van der Waals surface area contributed by atoms with Crippen LogP contribution >= 0.6 is 11.6 Å². The highest BCUT2D eigenvalue weighted by molar-refractivity contribution is 6.33. The number of amides is 1. The van der Waals surface area contributed by atoms with E-state index in [4.69, 9.17) is 16.7 Å². The van der Waals surface area contributed by atoms with Crippen molar-refractivity contribution in [3.8, 4) is 11.4 Å². The fourth-order valence-corrected chi connectivity index (χ4v) is 5.21. The Morgan fingerprint density at radius 3 is 2.97 bits per heavy atom. The van der Waals surface area contributed by atoms with E-state index >= 15 is 0 Å². The van der Waals surface area contributed by atoms with E-state index in [0.29, 0.717) is 16.5 Å². The number of nitrogens with zero attached hydrogens (tertiary/aromatic N) is 4. The molecule has 1 saturated carbocycles. The van der Waals surface area contributed by atoms with Gasteiger partial charge in [-0.15, -0.1) is 0 Å². The van der Waals surface area contributed by atoms with Gasteiger partial charge in [0.1, 0.15) is 5.82 Å². The third-order valence-corrected chi connectivity index (χ3v) is 6.52. The van der Waals surface area contributed by atoms with Crippen molar-refractivity contribution < 1.29 is 9.90 Å². The Balaban J connectivity index is 1.64. The van der Waals surface area contributed by atoms with Crippen molar-refractivity contribution in [1.29, 1.82) is 0 Å². The highest BCUT2D eigenvalue weighted by Gasteiger charge is 2.45. The van der Waals surface area contributed by atoms with Crippen molar-refractivity contribution in [2.75, 3.05) is 13.2 Å². The van der Waals surface area contributed by atoms with Gasteiger partial charge in [0.25, 0.3) is 0 Å². The second-order valence-electron chi connectivity index (χ2n) is 8.13. The van der Waals surface area contributed by atoms with Crippen molar-refractivity contribution in [1.82, 2.24) is 30.0 Å². The monoisotopic (exact) mass is 438 g/mol. The van der Waals surface area contributed by atoms with Gasteiger partial charge in [0.05, 0.1) is 34.8 Å². The normalized spacial score (nSPS) is 23.7. The van der Waals surface area contributed by atoms with E-state index in [-0.39, 0.29) is 36.8 Å². The van der Waals surface area contributed by atoms with Gasteiger partial charge < -0.3 is 15.4 Å². The number of hydrogen-bond acceptors (Lipinski definition) is 5. The molecule has 3 aromatic rings. The molecule has 0 radical (unpaired) electrons. The number of hydrogen-bond donors (Lipinski definition) is 3. The maximum absolute atomic E-state index is 12.9. The molecule has 1 amide bonds. The van der Waals surface area contributed by atoms with Gasteiger partial charge in [0.2, 0.25) is 5.91 Å². The highest BCUT2D eigenvalue weighted by atomic mass is 35.5. The topological polar surface area (TPSA) is 109 Å². The van der Waals surface area contributed by atoms with Gasteiger partial charge in [-0.1, -0.05) is 23.8 Å². The summed E-state index contributed by atoms with van der Waals surface area (Å²) in [7, 11) is 1.85. The number of halogens is 1. The second-order valence-corrected chi connectivity index (χ2v) is 8.54. The summed E-state index contributed by atoms with van der Waals surface area (Å²) in [6.07, 6.45) is 10.5. The molecule has 3 heterocycles. The Labute approximate surface area is 184 Å². The number of aryl methyl sites for hydroxylation is 1. The molecular weight excluding hydrogens is 416 g/mol. The lowest BCUT2D eigenvalue weighted by Crippen LogP contribution is -2.35. The summed E-state index contributed by atoms with van der Waals surface area (Å²) in [5.74, 6) is 0.721. The number of aromatic amines is 1. The van der Waals surface area contributed by atoms with Crippen LogP contribution in [-0.4, -0.2) is 48.9 Å². The molecule has 8 nitrogen and oxygen atoms in total. The first-order chi connectivity index (χ1) is 15.0. The van der Waals surface area contributed by atoms with Crippen LogP contribution < -0.4 is 5.32 Å². The van der Waals surface area contributed by atoms with Crippen LogP contribution in [0.25, 0.3) is 28.1 Å². The average Bonchev–Trinajstić information content (AvgIpc) is 3.53.